The van der Waals surface area contributed by atoms with Gasteiger partial charge in [0.05, 0.1) is 46.4 Å². The van der Waals surface area contributed by atoms with Crippen molar-refractivity contribution in [2.24, 2.45) is 0 Å². The minimum Gasteiger partial charge on any atom is -0.378 e. The van der Waals surface area contributed by atoms with Crippen LogP contribution >= 0.6 is 11.3 Å². The molecule has 0 spiro atoms. The van der Waals surface area contributed by atoms with Gasteiger partial charge in [-0.1, -0.05) is 13.8 Å². The van der Waals surface area contributed by atoms with Gasteiger partial charge in [0.1, 0.15) is 5.82 Å². The van der Waals surface area contributed by atoms with E-state index in [4.69, 9.17) is 4.74 Å². The molecule has 3 aromatic heterocycles. The molecule has 0 aliphatic carbocycles. The van der Waals surface area contributed by atoms with Gasteiger partial charge in [-0.15, -0.1) is 11.3 Å². The zero-order valence-electron chi connectivity index (χ0n) is 16.3. The zero-order valence-corrected chi connectivity index (χ0v) is 17.2. The molecule has 3 aromatic rings. The second-order valence-corrected chi connectivity index (χ2v) is 8.04. The van der Waals surface area contributed by atoms with E-state index in [1.165, 1.54) is 0 Å². The maximum atomic E-state index is 5.40. The molecule has 28 heavy (non-hydrogen) atoms. The van der Waals surface area contributed by atoms with Crippen molar-refractivity contribution in [1.82, 2.24) is 19.9 Å². The van der Waals surface area contributed by atoms with Gasteiger partial charge in [0.15, 0.2) is 0 Å². The van der Waals surface area contributed by atoms with E-state index in [0.29, 0.717) is 11.9 Å². The lowest BCUT2D eigenvalue weighted by Gasteiger charge is -2.28. The minimum atomic E-state index is 0.408. The van der Waals surface area contributed by atoms with E-state index in [0.717, 1.165) is 59.1 Å². The monoisotopic (exact) mass is 396 g/mol. The van der Waals surface area contributed by atoms with Gasteiger partial charge in [-0.2, -0.15) is 0 Å². The number of ether oxygens (including phenoxy) is 1. The van der Waals surface area contributed by atoms with Crippen LogP contribution in [0.4, 0.5) is 17.5 Å². The maximum absolute atomic E-state index is 5.40. The number of nitrogens with zero attached hydrogens (tertiary/aromatic N) is 5. The predicted octanol–water partition coefficient (Wildman–Crippen LogP) is 4.01. The highest BCUT2D eigenvalue weighted by Gasteiger charge is 2.14. The van der Waals surface area contributed by atoms with Crippen LogP contribution in [0.1, 0.15) is 30.5 Å². The van der Waals surface area contributed by atoms with Crippen LogP contribution < -0.4 is 10.2 Å². The number of aromatic nitrogens is 4. The predicted molar refractivity (Wildman–Crippen MR) is 113 cm³/mol. The summed E-state index contributed by atoms with van der Waals surface area (Å²) < 4.78 is 5.40. The molecule has 0 atom stereocenters. The van der Waals surface area contributed by atoms with Crippen LogP contribution in [0.15, 0.2) is 30.6 Å². The van der Waals surface area contributed by atoms with Crippen molar-refractivity contribution in [1.29, 1.82) is 0 Å². The number of thiazole rings is 1. The maximum Gasteiger partial charge on any atom is 0.228 e. The Kier molecular flexibility index (Phi) is 5.50. The summed E-state index contributed by atoms with van der Waals surface area (Å²) in [4.78, 5) is 21.5. The molecule has 7 nitrogen and oxygen atoms in total. The standard InChI is InChI=1S/C20H24N6OS/c1-13(2)19-23-14(3)18(28-19)16-6-7-21-20(24-16)25-17-5-4-15(12-22-17)26-8-10-27-11-9-26/h4-7,12-13H,8-11H2,1-3H3,(H,21,22,24,25). The molecule has 1 fully saturated rings. The fourth-order valence-corrected chi connectivity index (χ4v) is 4.07. The van der Waals surface area contributed by atoms with Crippen molar-refractivity contribution >= 4 is 28.8 Å². The van der Waals surface area contributed by atoms with Crippen molar-refractivity contribution in [3.05, 3.63) is 41.3 Å². The highest BCUT2D eigenvalue weighted by atomic mass is 32.1. The van der Waals surface area contributed by atoms with Crippen LogP contribution in [0, 0.1) is 6.92 Å². The summed E-state index contributed by atoms with van der Waals surface area (Å²) in [6, 6.07) is 5.94. The third-order valence-electron chi connectivity index (χ3n) is 4.56. The third kappa shape index (κ3) is 4.13. The third-order valence-corrected chi connectivity index (χ3v) is 6.04. The van der Waals surface area contributed by atoms with Gasteiger partial charge < -0.3 is 15.0 Å². The summed E-state index contributed by atoms with van der Waals surface area (Å²) in [5, 5.41) is 4.33. The normalized spacial score (nSPS) is 14.5. The Morgan fingerprint density at radius 3 is 2.61 bits per heavy atom. The molecule has 1 aliphatic rings. The Bertz CT molecular complexity index is 934. The molecule has 0 aromatic carbocycles. The Morgan fingerprint density at radius 2 is 1.93 bits per heavy atom. The highest BCUT2D eigenvalue weighted by Crippen LogP contribution is 2.32. The van der Waals surface area contributed by atoms with E-state index < -0.39 is 0 Å². The lowest BCUT2D eigenvalue weighted by molar-refractivity contribution is 0.122. The van der Waals surface area contributed by atoms with Crippen LogP contribution in [0.2, 0.25) is 0 Å². The lowest BCUT2D eigenvalue weighted by Crippen LogP contribution is -2.36. The largest absolute Gasteiger partial charge is 0.378 e. The molecule has 1 N–H and O–H groups in total. The van der Waals surface area contributed by atoms with E-state index in [1.807, 2.05) is 25.3 Å². The fraction of sp³-hybridized carbons (Fsp3) is 0.400. The Balaban J connectivity index is 1.50. The van der Waals surface area contributed by atoms with Crippen molar-refractivity contribution < 1.29 is 4.74 Å². The molecule has 4 rings (SSSR count). The fourth-order valence-electron chi connectivity index (χ4n) is 3.03. The Morgan fingerprint density at radius 1 is 1.11 bits per heavy atom. The second-order valence-electron chi connectivity index (χ2n) is 7.01. The molecule has 0 unspecified atom stereocenters. The number of nitrogens with one attached hydrogen (secondary N) is 1. The molecule has 0 amide bonds. The summed E-state index contributed by atoms with van der Waals surface area (Å²) in [6.07, 6.45) is 3.64. The molecule has 0 radical (unpaired) electrons. The van der Waals surface area contributed by atoms with Gasteiger partial charge in [0.2, 0.25) is 5.95 Å². The molecular weight excluding hydrogens is 372 g/mol. The van der Waals surface area contributed by atoms with E-state index in [2.05, 4.69) is 50.1 Å². The summed E-state index contributed by atoms with van der Waals surface area (Å²) in [5.74, 6) is 1.66. The van der Waals surface area contributed by atoms with Crippen molar-refractivity contribution in [2.45, 2.75) is 26.7 Å². The average Bonchev–Trinajstić information content (AvgIpc) is 3.12. The molecule has 1 saturated heterocycles. The first-order chi connectivity index (χ1) is 13.6. The molecule has 4 heterocycles. The minimum absolute atomic E-state index is 0.408. The van der Waals surface area contributed by atoms with E-state index >= 15 is 0 Å². The van der Waals surface area contributed by atoms with Crippen molar-refractivity contribution in [3.63, 3.8) is 0 Å². The van der Waals surface area contributed by atoms with Gasteiger partial charge in [0.25, 0.3) is 0 Å². The summed E-state index contributed by atoms with van der Waals surface area (Å²) >= 11 is 1.69. The van der Waals surface area contributed by atoms with E-state index in [1.54, 1.807) is 17.5 Å². The molecule has 8 heteroatoms. The number of hydrogen-bond donors (Lipinski definition) is 1. The first-order valence-electron chi connectivity index (χ1n) is 9.46. The SMILES string of the molecule is Cc1nc(C(C)C)sc1-c1ccnc(Nc2ccc(N3CCOCC3)cn2)n1. The molecule has 1 aliphatic heterocycles. The molecule has 0 saturated carbocycles. The van der Waals surface area contributed by atoms with Crippen LogP contribution in [0.25, 0.3) is 10.6 Å². The Labute approximate surface area is 168 Å². The second kappa shape index (κ2) is 8.20. The van der Waals surface area contributed by atoms with Gasteiger partial charge in [0, 0.05) is 25.2 Å². The summed E-state index contributed by atoms with van der Waals surface area (Å²) in [5.41, 5.74) is 2.99. The van der Waals surface area contributed by atoms with Crippen LogP contribution in [0.5, 0.6) is 0 Å². The highest BCUT2D eigenvalue weighted by molar-refractivity contribution is 7.15. The first kappa shape index (κ1) is 18.8. The van der Waals surface area contributed by atoms with Crippen LogP contribution in [0.3, 0.4) is 0 Å². The van der Waals surface area contributed by atoms with Crippen molar-refractivity contribution in [2.75, 3.05) is 36.5 Å². The van der Waals surface area contributed by atoms with Gasteiger partial charge >= 0.3 is 0 Å². The van der Waals surface area contributed by atoms with Gasteiger partial charge in [-0.3, -0.25) is 0 Å². The molecule has 146 valence electrons. The number of morpholine rings is 1. The molecular formula is C20H24N6OS. The van der Waals surface area contributed by atoms with Gasteiger partial charge in [-0.25, -0.2) is 19.9 Å². The Hall–Kier alpha value is -2.58. The lowest BCUT2D eigenvalue weighted by atomic mass is 10.2. The quantitative estimate of drug-likeness (QED) is 0.698. The topological polar surface area (TPSA) is 76.1 Å². The smallest absolute Gasteiger partial charge is 0.228 e. The molecule has 0 bridgehead atoms. The first-order valence-corrected chi connectivity index (χ1v) is 10.3. The van der Waals surface area contributed by atoms with Crippen molar-refractivity contribution in [3.8, 4) is 10.6 Å². The van der Waals surface area contributed by atoms with Crippen LogP contribution in [-0.4, -0.2) is 46.2 Å². The number of hydrogen-bond acceptors (Lipinski definition) is 8. The summed E-state index contributed by atoms with van der Waals surface area (Å²) in [7, 11) is 0. The summed E-state index contributed by atoms with van der Waals surface area (Å²) in [6.45, 7) is 9.64. The van der Waals surface area contributed by atoms with E-state index in [9.17, 15) is 0 Å². The van der Waals surface area contributed by atoms with Gasteiger partial charge in [-0.05, 0) is 25.1 Å². The zero-order chi connectivity index (χ0) is 19.5. The number of anilines is 3. The van der Waals surface area contributed by atoms with E-state index in [-0.39, 0.29) is 0 Å². The van der Waals surface area contributed by atoms with Crippen LogP contribution in [-0.2, 0) is 4.74 Å². The average molecular weight is 397 g/mol. The number of aryl methyl sites for hydroxylation is 1. The number of pyridine rings is 1. The number of rotatable bonds is 5.